The summed E-state index contributed by atoms with van der Waals surface area (Å²) in [5, 5.41) is 18.4. The van der Waals surface area contributed by atoms with Crippen molar-refractivity contribution >= 4 is 23.5 Å². The number of carboxylic acid groups (broad SMARTS) is 2. The van der Waals surface area contributed by atoms with E-state index in [4.69, 9.17) is 0 Å². The second-order valence-corrected chi connectivity index (χ2v) is 11.1. The molecule has 0 aliphatic heterocycles. The van der Waals surface area contributed by atoms with Gasteiger partial charge in [0.25, 0.3) is 0 Å². The lowest BCUT2D eigenvalue weighted by Crippen LogP contribution is -2.24. The highest BCUT2D eigenvalue weighted by atomic mass is 16.4. The lowest BCUT2D eigenvalue weighted by atomic mass is 9.85. The minimum absolute atomic E-state index is 0.0181. The lowest BCUT2D eigenvalue weighted by Gasteiger charge is -2.19. The fourth-order valence-corrected chi connectivity index (χ4v) is 4.94. The predicted octanol–water partition coefficient (Wildman–Crippen LogP) is 5.44. The van der Waals surface area contributed by atoms with Gasteiger partial charge in [0.1, 0.15) is 5.78 Å². The van der Waals surface area contributed by atoms with Crippen LogP contribution in [0.1, 0.15) is 98.3 Å². The van der Waals surface area contributed by atoms with Gasteiger partial charge in [-0.3, -0.25) is 19.2 Å². The summed E-state index contributed by atoms with van der Waals surface area (Å²) >= 11 is 0. The van der Waals surface area contributed by atoms with Crippen LogP contribution in [-0.4, -0.2) is 33.7 Å². The fraction of sp³-hybridized carbons (Fsp3) is 0.769. The Morgan fingerprint density at radius 1 is 0.844 bits per heavy atom. The van der Waals surface area contributed by atoms with Crippen LogP contribution in [0.15, 0.2) is 11.6 Å². The monoisotopic (exact) mass is 448 g/mol. The molecular formula is C26H40O6. The third-order valence-corrected chi connectivity index (χ3v) is 7.63. The van der Waals surface area contributed by atoms with Crippen LogP contribution in [0.4, 0.5) is 0 Å². The standard InChI is InChI=1S/C26H40O6/c1-25(2,23(29)30)15-5-7-17-9-11-19(21(17)27)13-14-20-12-10-18(22(20)28)8-6-16-26(3,4)24(31)32/h13,17-18,20H,5-12,14-16H2,1-4H3,(H,29,30)(H,31,32). The molecule has 6 heteroatoms. The first-order chi connectivity index (χ1) is 14.8. The molecule has 0 spiro atoms. The van der Waals surface area contributed by atoms with Crippen LogP contribution in [0, 0.1) is 28.6 Å². The number of aliphatic carboxylic acids is 2. The Labute approximate surface area is 191 Å². The highest BCUT2D eigenvalue weighted by molar-refractivity contribution is 5.99. The van der Waals surface area contributed by atoms with E-state index in [9.17, 15) is 29.4 Å². The molecule has 3 unspecified atom stereocenters. The zero-order valence-corrected chi connectivity index (χ0v) is 20.1. The molecule has 0 aromatic rings. The molecule has 0 saturated heterocycles. The van der Waals surface area contributed by atoms with Crippen LogP contribution < -0.4 is 0 Å². The van der Waals surface area contributed by atoms with Crippen molar-refractivity contribution in [2.75, 3.05) is 0 Å². The second-order valence-electron chi connectivity index (χ2n) is 11.1. The molecule has 0 heterocycles. The maximum atomic E-state index is 12.8. The number of rotatable bonds is 12. The highest BCUT2D eigenvalue weighted by Crippen LogP contribution is 2.37. The number of ketones is 2. The van der Waals surface area contributed by atoms with Crippen LogP contribution >= 0.6 is 0 Å². The van der Waals surface area contributed by atoms with E-state index in [2.05, 4.69) is 0 Å². The number of carboxylic acids is 2. The zero-order valence-electron chi connectivity index (χ0n) is 20.1. The molecular weight excluding hydrogens is 408 g/mol. The summed E-state index contributed by atoms with van der Waals surface area (Å²) in [6.07, 6.45) is 9.94. The van der Waals surface area contributed by atoms with Gasteiger partial charge in [0, 0.05) is 17.8 Å². The Morgan fingerprint density at radius 2 is 1.34 bits per heavy atom. The maximum Gasteiger partial charge on any atom is 0.309 e. The molecule has 6 nitrogen and oxygen atoms in total. The van der Waals surface area contributed by atoms with E-state index in [-0.39, 0.29) is 29.3 Å². The highest BCUT2D eigenvalue weighted by Gasteiger charge is 2.35. The Hall–Kier alpha value is -1.98. The number of carbonyl (C=O) groups is 4. The van der Waals surface area contributed by atoms with Crippen molar-refractivity contribution in [3.8, 4) is 0 Å². The van der Waals surface area contributed by atoms with Crippen molar-refractivity contribution in [2.24, 2.45) is 28.6 Å². The van der Waals surface area contributed by atoms with Gasteiger partial charge in [0.05, 0.1) is 10.8 Å². The normalized spacial score (nSPS) is 25.6. The molecule has 2 rings (SSSR count). The third-order valence-electron chi connectivity index (χ3n) is 7.63. The average Bonchev–Trinajstić information content (AvgIpc) is 3.22. The average molecular weight is 449 g/mol. The minimum Gasteiger partial charge on any atom is -0.481 e. The molecule has 2 fully saturated rings. The third kappa shape index (κ3) is 6.76. The lowest BCUT2D eigenvalue weighted by molar-refractivity contribution is -0.148. The number of hydrogen-bond acceptors (Lipinski definition) is 4. The fourth-order valence-electron chi connectivity index (χ4n) is 4.94. The molecule has 0 amide bonds. The van der Waals surface area contributed by atoms with Crippen LogP contribution in [0.3, 0.4) is 0 Å². The summed E-state index contributed by atoms with van der Waals surface area (Å²) in [7, 11) is 0. The maximum absolute atomic E-state index is 12.8. The van der Waals surface area contributed by atoms with Crippen molar-refractivity contribution in [3.63, 3.8) is 0 Å². The van der Waals surface area contributed by atoms with Gasteiger partial charge >= 0.3 is 11.9 Å². The van der Waals surface area contributed by atoms with Crippen molar-refractivity contribution in [1.82, 2.24) is 0 Å². The van der Waals surface area contributed by atoms with Crippen molar-refractivity contribution in [3.05, 3.63) is 11.6 Å². The first kappa shape index (κ1) is 26.3. The second kappa shape index (κ2) is 10.8. The van der Waals surface area contributed by atoms with E-state index in [0.717, 1.165) is 56.9 Å². The molecule has 2 saturated carbocycles. The van der Waals surface area contributed by atoms with Gasteiger partial charge < -0.3 is 10.2 Å². The summed E-state index contributed by atoms with van der Waals surface area (Å²) in [6.45, 7) is 6.88. The Balaban J connectivity index is 1.77. The summed E-state index contributed by atoms with van der Waals surface area (Å²) in [5.41, 5.74) is -0.677. The van der Waals surface area contributed by atoms with Crippen molar-refractivity contribution in [1.29, 1.82) is 0 Å². The van der Waals surface area contributed by atoms with E-state index in [1.807, 2.05) is 6.08 Å². The van der Waals surface area contributed by atoms with Gasteiger partial charge in [0.15, 0.2) is 5.78 Å². The molecule has 0 aromatic carbocycles. The van der Waals surface area contributed by atoms with Crippen LogP contribution in [-0.2, 0) is 19.2 Å². The minimum atomic E-state index is -0.805. The number of hydrogen-bond donors (Lipinski definition) is 2. The smallest absolute Gasteiger partial charge is 0.309 e. The Morgan fingerprint density at radius 3 is 1.88 bits per heavy atom. The van der Waals surface area contributed by atoms with Crippen LogP contribution in [0.2, 0.25) is 0 Å². The van der Waals surface area contributed by atoms with E-state index in [1.165, 1.54) is 0 Å². The summed E-state index contributed by atoms with van der Waals surface area (Å²) < 4.78 is 0. The first-order valence-electron chi connectivity index (χ1n) is 12.1. The topological polar surface area (TPSA) is 109 Å². The van der Waals surface area contributed by atoms with Gasteiger partial charge in [-0.15, -0.1) is 0 Å². The van der Waals surface area contributed by atoms with E-state index < -0.39 is 22.8 Å². The number of Topliss-reactive ketones (excluding diaryl/α,β-unsaturated/α-hetero) is 2. The molecule has 2 aliphatic rings. The Bertz CT molecular complexity index is 760. The zero-order chi connectivity index (χ0) is 24.1. The summed E-state index contributed by atoms with van der Waals surface area (Å²) in [4.78, 5) is 47.9. The Kier molecular flexibility index (Phi) is 8.83. The van der Waals surface area contributed by atoms with Gasteiger partial charge in [-0.2, -0.15) is 0 Å². The molecule has 180 valence electrons. The quantitative estimate of drug-likeness (QED) is 0.385. The molecule has 2 aliphatic carbocycles. The van der Waals surface area contributed by atoms with Crippen LogP contribution in [0.25, 0.3) is 0 Å². The predicted molar refractivity (Wildman–Crippen MR) is 122 cm³/mol. The largest absolute Gasteiger partial charge is 0.481 e. The molecule has 2 N–H and O–H groups in total. The van der Waals surface area contributed by atoms with E-state index in [1.54, 1.807) is 27.7 Å². The molecule has 0 radical (unpaired) electrons. The molecule has 0 aromatic heterocycles. The summed E-state index contributed by atoms with van der Waals surface area (Å²) in [6, 6.07) is 0. The molecule has 32 heavy (non-hydrogen) atoms. The molecule has 0 bridgehead atoms. The van der Waals surface area contributed by atoms with Crippen molar-refractivity contribution in [2.45, 2.75) is 98.3 Å². The molecule has 3 atom stereocenters. The van der Waals surface area contributed by atoms with Gasteiger partial charge in [-0.25, -0.2) is 0 Å². The SMILES string of the molecule is CC(C)(CCCC1CCC(=CCC2CCC(CCCC(C)(C)C(=O)O)C2=O)C1=O)C(=O)O. The number of carbonyl (C=O) groups excluding carboxylic acids is 2. The van der Waals surface area contributed by atoms with Gasteiger partial charge in [0.2, 0.25) is 0 Å². The van der Waals surface area contributed by atoms with E-state index in [0.29, 0.717) is 19.3 Å². The first-order valence-corrected chi connectivity index (χ1v) is 12.1. The van der Waals surface area contributed by atoms with Crippen molar-refractivity contribution < 1.29 is 29.4 Å². The summed E-state index contributed by atoms with van der Waals surface area (Å²) in [5.74, 6) is -1.18. The van der Waals surface area contributed by atoms with Gasteiger partial charge in [-0.1, -0.05) is 18.9 Å². The van der Waals surface area contributed by atoms with Gasteiger partial charge in [-0.05, 0) is 91.1 Å². The van der Waals surface area contributed by atoms with Crippen LogP contribution in [0.5, 0.6) is 0 Å². The van der Waals surface area contributed by atoms with E-state index >= 15 is 0 Å². The number of allylic oxidation sites excluding steroid dienone is 2.